The van der Waals surface area contributed by atoms with Crippen molar-refractivity contribution in [3.8, 4) is 0 Å². The summed E-state index contributed by atoms with van der Waals surface area (Å²) in [5, 5.41) is 14.9. The zero-order valence-electron chi connectivity index (χ0n) is 25.8. The van der Waals surface area contributed by atoms with Crippen LogP contribution in [0.3, 0.4) is 0 Å². The van der Waals surface area contributed by atoms with Crippen LogP contribution in [0.15, 0.2) is 108 Å². The Kier molecular flexibility index (Phi) is 12.0. The second-order valence-corrected chi connectivity index (χ2v) is 13.6. The maximum absolute atomic E-state index is 14.5. The number of nitrogens with one attached hydrogen (secondary N) is 1. The number of carbonyl (C=O) groups excluding carboxylic acids is 2. The Bertz CT molecular complexity index is 1810. The number of nitro groups is 1. The van der Waals surface area contributed by atoms with Crippen molar-refractivity contribution in [1.82, 2.24) is 10.2 Å². The van der Waals surface area contributed by atoms with Gasteiger partial charge in [-0.2, -0.15) is 0 Å². The van der Waals surface area contributed by atoms with E-state index in [0.717, 1.165) is 22.0 Å². The number of nitro benzene ring substituents is 1. The molecule has 0 bridgehead atoms. The molecular formula is C34H34Cl2N4O6S. The summed E-state index contributed by atoms with van der Waals surface area (Å²) in [6, 6.07) is 25.1. The van der Waals surface area contributed by atoms with Gasteiger partial charge in [-0.3, -0.25) is 24.0 Å². The Morgan fingerprint density at radius 3 is 2.11 bits per heavy atom. The molecule has 0 heterocycles. The number of benzene rings is 4. The zero-order valence-corrected chi connectivity index (χ0v) is 28.1. The molecule has 4 rings (SSSR count). The van der Waals surface area contributed by atoms with Gasteiger partial charge in [-0.15, -0.1) is 0 Å². The molecule has 0 saturated heterocycles. The molecular weight excluding hydrogens is 663 g/mol. The largest absolute Gasteiger partial charge is 0.352 e. The SMILES string of the molecule is CC[C@@H](C)NC(=O)[C@@H](Cc1ccccc1)N(Cc1ccc(Cl)cc1Cl)C(=O)CN(c1ccc([N+](=O)[O-])cc1)S(=O)(=O)c1ccccc1. The predicted octanol–water partition coefficient (Wildman–Crippen LogP) is 6.65. The highest BCUT2D eigenvalue weighted by atomic mass is 35.5. The summed E-state index contributed by atoms with van der Waals surface area (Å²) in [5.41, 5.74) is 1.05. The van der Waals surface area contributed by atoms with E-state index in [0.29, 0.717) is 17.0 Å². The Hall–Kier alpha value is -4.45. The molecule has 2 atom stereocenters. The first kappa shape index (κ1) is 35.4. The molecule has 0 aromatic heterocycles. The highest BCUT2D eigenvalue weighted by Gasteiger charge is 2.35. The highest BCUT2D eigenvalue weighted by Crippen LogP contribution is 2.28. The predicted molar refractivity (Wildman–Crippen MR) is 183 cm³/mol. The van der Waals surface area contributed by atoms with E-state index in [2.05, 4.69) is 5.32 Å². The van der Waals surface area contributed by atoms with Gasteiger partial charge >= 0.3 is 0 Å². The second-order valence-electron chi connectivity index (χ2n) is 10.9. The standard InChI is InChI=1S/C34H34Cl2N4O6S/c1-3-24(2)37-34(42)32(20-25-10-6-4-7-11-25)38(22-26-14-15-27(35)21-31(26)36)33(41)23-39(28-16-18-29(19-17-28)40(43)44)47(45,46)30-12-8-5-9-13-30/h4-19,21,24,32H,3,20,22-23H2,1-2H3,(H,37,42)/t24-,32-/m1/s1. The summed E-state index contributed by atoms with van der Waals surface area (Å²) in [6.07, 6.45) is 0.771. The fourth-order valence-electron chi connectivity index (χ4n) is 4.82. The van der Waals surface area contributed by atoms with Crippen molar-refractivity contribution in [3.63, 3.8) is 0 Å². The molecule has 4 aromatic rings. The monoisotopic (exact) mass is 696 g/mol. The first-order valence-corrected chi connectivity index (χ1v) is 17.0. The van der Waals surface area contributed by atoms with Gasteiger partial charge in [-0.25, -0.2) is 8.42 Å². The van der Waals surface area contributed by atoms with E-state index in [1.807, 2.05) is 44.2 Å². The van der Waals surface area contributed by atoms with E-state index in [1.165, 1.54) is 35.2 Å². The summed E-state index contributed by atoms with van der Waals surface area (Å²) >= 11 is 12.7. The van der Waals surface area contributed by atoms with Crippen LogP contribution < -0.4 is 9.62 Å². The molecule has 47 heavy (non-hydrogen) atoms. The fraction of sp³-hybridized carbons (Fsp3) is 0.235. The van der Waals surface area contributed by atoms with Gasteiger partial charge in [0, 0.05) is 41.2 Å². The molecule has 0 aliphatic carbocycles. The van der Waals surface area contributed by atoms with Crippen molar-refractivity contribution in [2.24, 2.45) is 0 Å². The van der Waals surface area contributed by atoms with E-state index in [9.17, 15) is 28.1 Å². The quantitative estimate of drug-likeness (QED) is 0.116. The normalized spacial score (nSPS) is 12.5. The molecule has 4 aromatic carbocycles. The van der Waals surface area contributed by atoms with Gasteiger partial charge in [0.15, 0.2) is 0 Å². The molecule has 0 unspecified atom stereocenters. The van der Waals surface area contributed by atoms with E-state index in [4.69, 9.17) is 23.2 Å². The molecule has 0 spiro atoms. The van der Waals surface area contributed by atoms with Gasteiger partial charge in [0.25, 0.3) is 15.7 Å². The number of hydrogen-bond donors (Lipinski definition) is 1. The summed E-state index contributed by atoms with van der Waals surface area (Å²) in [4.78, 5) is 40.4. The summed E-state index contributed by atoms with van der Waals surface area (Å²) < 4.78 is 29.0. The van der Waals surface area contributed by atoms with Crippen LogP contribution >= 0.6 is 23.2 Å². The number of hydrogen-bond acceptors (Lipinski definition) is 6. The van der Waals surface area contributed by atoms with Crippen molar-refractivity contribution in [1.29, 1.82) is 0 Å². The molecule has 246 valence electrons. The van der Waals surface area contributed by atoms with Gasteiger partial charge in [-0.05, 0) is 60.9 Å². The van der Waals surface area contributed by atoms with Crippen molar-refractivity contribution in [2.75, 3.05) is 10.8 Å². The third kappa shape index (κ3) is 9.09. The van der Waals surface area contributed by atoms with Gasteiger partial charge in [0.05, 0.1) is 15.5 Å². The number of amides is 2. The maximum atomic E-state index is 14.5. The van der Waals surface area contributed by atoms with Gasteiger partial charge in [-0.1, -0.05) is 84.7 Å². The van der Waals surface area contributed by atoms with Crippen molar-refractivity contribution < 1.29 is 22.9 Å². The molecule has 0 aliphatic rings. The topological polar surface area (TPSA) is 130 Å². The smallest absolute Gasteiger partial charge is 0.269 e. The highest BCUT2D eigenvalue weighted by molar-refractivity contribution is 7.92. The van der Waals surface area contributed by atoms with Crippen LogP contribution in [0.2, 0.25) is 10.0 Å². The third-order valence-corrected chi connectivity index (χ3v) is 9.96. The van der Waals surface area contributed by atoms with Gasteiger partial charge < -0.3 is 10.2 Å². The number of nitrogens with zero attached hydrogens (tertiary/aromatic N) is 3. The number of rotatable bonds is 14. The van der Waals surface area contributed by atoms with Crippen LogP contribution in [0.1, 0.15) is 31.4 Å². The molecule has 0 fully saturated rings. The first-order valence-electron chi connectivity index (χ1n) is 14.8. The average molecular weight is 698 g/mol. The Morgan fingerprint density at radius 2 is 1.53 bits per heavy atom. The van der Waals surface area contributed by atoms with Crippen molar-refractivity contribution >= 4 is 56.4 Å². The number of carbonyl (C=O) groups is 2. The van der Waals surface area contributed by atoms with Crippen LogP contribution in [0.4, 0.5) is 11.4 Å². The first-order chi connectivity index (χ1) is 22.4. The van der Waals surface area contributed by atoms with E-state index < -0.39 is 39.3 Å². The Labute approximate surface area is 284 Å². The van der Waals surface area contributed by atoms with Gasteiger partial charge in [0.1, 0.15) is 12.6 Å². The third-order valence-electron chi connectivity index (χ3n) is 7.59. The molecule has 2 amide bonds. The number of non-ortho nitro benzene ring substituents is 1. The second kappa shape index (κ2) is 15.9. The van der Waals surface area contributed by atoms with Crippen molar-refractivity contribution in [3.05, 3.63) is 134 Å². The summed E-state index contributed by atoms with van der Waals surface area (Å²) in [6.45, 7) is 2.91. The molecule has 0 saturated carbocycles. The number of halogens is 2. The van der Waals surface area contributed by atoms with Crippen molar-refractivity contribution in [2.45, 2.75) is 50.2 Å². The zero-order chi connectivity index (χ0) is 34.1. The fourth-order valence-corrected chi connectivity index (χ4v) is 6.72. The van der Waals surface area contributed by atoms with Crippen LogP contribution in [0, 0.1) is 10.1 Å². The molecule has 0 aliphatic heterocycles. The summed E-state index contributed by atoms with van der Waals surface area (Å²) in [5.74, 6) is -1.12. The number of anilines is 1. The Balaban J connectivity index is 1.83. The average Bonchev–Trinajstić information content (AvgIpc) is 3.06. The number of sulfonamides is 1. The molecule has 1 N–H and O–H groups in total. The van der Waals surface area contributed by atoms with E-state index in [-0.39, 0.29) is 40.3 Å². The van der Waals surface area contributed by atoms with E-state index in [1.54, 1.807) is 30.3 Å². The minimum absolute atomic E-state index is 0.0287. The van der Waals surface area contributed by atoms with Crippen LogP contribution in [-0.4, -0.2) is 48.7 Å². The minimum Gasteiger partial charge on any atom is -0.352 e. The van der Waals surface area contributed by atoms with E-state index >= 15 is 0 Å². The molecule has 0 radical (unpaired) electrons. The van der Waals surface area contributed by atoms with Crippen LogP contribution in [0.5, 0.6) is 0 Å². The molecule has 10 nitrogen and oxygen atoms in total. The van der Waals surface area contributed by atoms with Crippen LogP contribution in [0.25, 0.3) is 0 Å². The van der Waals surface area contributed by atoms with Gasteiger partial charge in [0.2, 0.25) is 11.8 Å². The minimum atomic E-state index is -4.36. The Morgan fingerprint density at radius 1 is 0.915 bits per heavy atom. The maximum Gasteiger partial charge on any atom is 0.269 e. The lowest BCUT2D eigenvalue weighted by Gasteiger charge is -2.34. The lowest BCUT2D eigenvalue weighted by Crippen LogP contribution is -2.54. The molecule has 13 heteroatoms. The lowest BCUT2D eigenvalue weighted by molar-refractivity contribution is -0.384. The van der Waals surface area contributed by atoms with Crippen LogP contribution in [-0.2, 0) is 32.6 Å². The lowest BCUT2D eigenvalue weighted by atomic mass is 10.0. The summed E-state index contributed by atoms with van der Waals surface area (Å²) in [7, 11) is -4.36.